The molecule has 0 amide bonds. The van der Waals surface area contributed by atoms with E-state index < -0.39 is 10.0 Å². The lowest BCUT2D eigenvalue weighted by Gasteiger charge is -2.01. The van der Waals surface area contributed by atoms with E-state index in [0.29, 0.717) is 6.29 Å². The highest BCUT2D eigenvalue weighted by Gasteiger charge is 2.03. The maximum Gasteiger partial charge on any atom is 0.229 e. The van der Waals surface area contributed by atoms with E-state index in [1.807, 2.05) is 6.07 Å². The Bertz CT molecular complexity index is 463. The predicted molar refractivity (Wildman–Crippen MR) is 58.5 cm³/mol. The van der Waals surface area contributed by atoms with Gasteiger partial charge in [0.1, 0.15) is 0 Å². The van der Waals surface area contributed by atoms with E-state index in [1.54, 1.807) is 24.3 Å². The third-order valence-electron chi connectivity index (χ3n) is 1.55. The molecule has 0 atom stereocenters. The van der Waals surface area contributed by atoms with E-state index in [4.69, 9.17) is 0 Å². The molecule has 0 spiro atoms. The summed E-state index contributed by atoms with van der Waals surface area (Å²) in [5, 5.41) is 0. The summed E-state index contributed by atoms with van der Waals surface area (Å²) in [5.74, 6) is 0. The maximum atomic E-state index is 10.9. The number of benzene rings is 1. The first kappa shape index (κ1) is 11.5. The van der Waals surface area contributed by atoms with E-state index in [9.17, 15) is 13.2 Å². The van der Waals surface area contributed by atoms with Gasteiger partial charge in [-0.25, -0.2) is 8.42 Å². The molecule has 0 radical (unpaired) electrons. The smallest absolute Gasteiger partial charge is 0.229 e. The van der Waals surface area contributed by atoms with Crippen LogP contribution < -0.4 is 4.72 Å². The highest BCUT2D eigenvalue weighted by Crippen LogP contribution is 2.03. The van der Waals surface area contributed by atoms with Gasteiger partial charge in [0, 0.05) is 0 Å². The molecule has 0 aromatic heterocycles. The molecule has 15 heavy (non-hydrogen) atoms. The third-order valence-corrected chi connectivity index (χ3v) is 2.16. The van der Waals surface area contributed by atoms with Gasteiger partial charge in [-0.05, 0) is 11.6 Å². The van der Waals surface area contributed by atoms with Crippen LogP contribution in [0.3, 0.4) is 0 Å². The first-order chi connectivity index (χ1) is 7.01. The lowest BCUT2D eigenvalue weighted by atomic mass is 10.2. The monoisotopic (exact) mass is 225 g/mol. The molecular weight excluding hydrogens is 214 g/mol. The summed E-state index contributed by atoms with van der Waals surface area (Å²) >= 11 is 0. The van der Waals surface area contributed by atoms with Crippen molar-refractivity contribution in [3.8, 4) is 0 Å². The molecule has 0 bridgehead atoms. The Balaban J connectivity index is 2.93. The van der Waals surface area contributed by atoms with Crippen LogP contribution >= 0.6 is 0 Å². The van der Waals surface area contributed by atoms with Crippen molar-refractivity contribution >= 4 is 22.4 Å². The summed E-state index contributed by atoms with van der Waals surface area (Å²) in [5.41, 5.74) is 0.777. The molecule has 1 rings (SSSR count). The number of rotatable bonds is 4. The van der Waals surface area contributed by atoms with Crippen molar-refractivity contribution in [1.29, 1.82) is 0 Å². The van der Waals surface area contributed by atoms with Crippen LogP contribution in [0.2, 0.25) is 0 Å². The number of nitrogens with one attached hydrogen (secondary N) is 1. The van der Waals surface area contributed by atoms with Gasteiger partial charge in [0.15, 0.2) is 6.29 Å². The van der Waals surface area contributed by atoms with Gasteiger partial charge in [0.05, 0.1) is 12.0 Å². The van der Waals surface area contributed by atoms with Crippen LogP contribution in [-0.4, -0.2) is 21.0 Å². The summed E-state index contributed by atoms with van der Waals surface area (Å²) in [6.07, 6.45) is 2.93. The van der Waals surface area contributed by atoms with Crippen LogP contribution in [0.5, 0.6) is 0 Å². The largest absolute Gasteiger partial charge is 0.296 e. The fraction of sp³-hybridized carbons (Fsp3) is 0.100. The Morgan fingerprint density at radius 1 is 1.27 bits per heavy atom. The Kier molecular flexibility index (Phi) is 3.62. The average molecular weight is 225 g/mol. The molecule has 0 fully saturated rings. The molecule has 0 saturated heterocycles. The molecule has 1 aromatic rings. The van der Waals surface area contributed by atoms with Gasteiger partial charge in [-0.2, -0.15) is 0 Å². The van der Waals surface area contributed by atoms with Crippen molar-refractivity contribution in [2.45, 2.75) is 0 Å². The molecule has 80 valence electrons. The average Bonchev–Trinajstić information content (AvgIpc) is 2.16. The minimum Gasteiger partial charge on any atom is -0.296 e. The van der Waals surface area contributed by atoms with Gasteiger partial charge in [0.25, 0.3) is 0 Å². The van der Waals surface area contributed by atoms with Crippen molar-refractivity contribution < 1.29 is 13.2 Å². The highest BCUT2D eigenvalue weighted by molar-refractivity contribution is 7.88. The summed E-state index contributed by atoms with van der Waals surface area (Å²) < 4.78 is 23.9. The minimum absolute atomic E-state index is 0.0173. The summed E-state index contributed by atoms with van der Waals surface area (Å²) in [4.78, 5) is 10.6. The number of allylic oxidation sites excluding steroid dienone is 1. The van der Waals surface area contributed by atoms with E-state index in [-0.39, 0.29) is 5.70 Å². The maximum absolute atomic E-state index is 10.9. The topological polar surface area (TPSA) is 63.2 Å². The molecule has 0 saturated carbocycles. The zero-order chi connectivity index (χ0) is 11.3. The summed E-state index contributed by atoms with van der Waals surface area (Å²) in [7, 11) is -3.41. The second-order valence-corrected chi connectivity index (χ2v) is 4.75. The van der Waals surface area contributed by atoms with Crippen molar-refractivity contribution in [2.75, 3.05) is 6.26 Å². The van der Waals surface area contributed by atoms with Crippen LogP contribution in [-0.2, 0) is 14.8 Å². The molecule has 0 heterocycles. The van der Waals surface area contributed by atoms with E-state index in [1.165, 1.54) is 6.08 Å². The molecule has 0 aliphatic heterocycles. The lowest BCUT2D eigenvalue weighted by Crippen LogP contribution is -2.21. The van der Waals surface area contributed by atoms with Crippen molar-refractivity contribution in [2.24, 2.45) is 0 Å². The molecule has 4 nitrogen and oxygen atoms in total. The molecule has 5 heteroatoms. The van der Waals surface area contributed by atoms with Crippen LogP contribution in [0.15, 0.2) is 36.0 Å². The van der Waals surface area contributed by atoms with Crippen LogP contribution in [0.4, 0.5) is 0 Å². The van der Waals surface area contributed by atoms with Crippen molar-refractivity contribution in [1.82, 2.24) is 4.72 Å². The highest BCUT2D eigenvalue weighted by atomic mass is 32.2. The fourth-order valence-corrected chi connectivity index (χ4v) is 1.57. The molecular formula is C10H11NO3S. The fourth-order valence-electron chi connectivity index (χ4n) is 1.03. The summed E-state index contributed by atoms with van der Waals surface area (Å²) in [6.45, 7) is 0. The number of sulfonamides is 1. The number of carbonyl (C=O) groups is 1. The Hall–Kier alpha value is -1.62. The molecule has 1 aromatic carbocycles. The first-order valence-corrected chi connectivity index (χ1v) is 6.10. The van der Waals surface area contributed by atoms with Gasteiger partial charge in [-0.15, -0.1) is 0 Å². The molecule has 0 aliphatic rings. The Morgan fingerprint density at radius 2 is 1.87 bits per heavy atom. The third kappa shape index (κ3) is 4.42. The van der Waals surface area contributed by atoms with Crippen LogP contribution in [0, 0.1) is 0 Å². The van der Waals surface area contributed by atoms with Crippen molar-refractivity contribution in [3.05, 3.63) is 41.6 Å². The van der Waals surface area contributed by atoms with Crippen LogP contribution in [0.25, 0.3) is 6.08 Å². The van der Waals surface area contributed by atoms with Gasteiger partial charge in [-0.1, -0.05) is 30.3 Å². The number of carbonyl (C=O) groups excluding carboxylic acids is 1. The van der Waals surface area contributed by atoms with Gasteiger partial charge < -0.3 is 0 Å². The van der Waals surface area contributed by atoms with E-state index in [0.717, 1.165) is 11.8 Å². The summed E-state index contributed by atoms with van der Waals surface area (Å²) in [6, 6.07) is 8.98. The second kappa shape index (κ2) is 4.75. The van der Waals surface area contributed by atoms with Gasteiger partial charge >= 0.3 is 0 Å². The van der Waals surface area contributed by atoms with E-state index >= 15 is 0 Å². The zero-order valence-corrected chi connectivity index (χ0v) is 8.99. The number of hydrogen-bond acceptors (Lipinski definition) is 3. The first-order valence-electron chi connectivity index (χ1n) is 4.21. The standard InChI is InChI=1S/C10H11NO3S/c1-15(13,14)11-10(8-12)7-9-5-3-2-4-6-9/h2-8,11H,1H3/b10-7+. The number of aldehydes is 1. The van der Waals surface area contributed by atoms with E-state index in [2.05, 4.69) is 4.72 Å². The number of hydrogen-bond donors (Lipinski definition) is 1. The van der Waals surface area contributed by atoms with Crippen LogP contribution in [0.1, 0.15) is 5.56 Å². The normalized spacial score (nSPS) is 12.2. The second-order valence-electron chi connectivity index (χ2n) is 3.00. The molecule has 0 aliphatic carbocycles. The lowest BCUT2D eigenvalue weighted by molar-refractivity contribution is -0.105. The van der Waals surface area contributed by atoms with Gasteiger partial charge in [0.2, 0.25) is 10.0 Å². The minimum atomic E-state index is -3.41. The van der Waals surface area contributed by atoms with Gasteiger partial charge in [-0.3, -0.25) is 9.52 Å². The Morgan fingerprint density at radius 3 is 2.33 bits per heavy atom. The molecule has 1 N–H and O–H groups in total. The van der Waals surface area contributed by atoms with Crippen molar-refractivity contribution in [3.63, 3.8) is 0 Å². The SMILES string of the molecule is CS(=O)(=O)N/C(C=O)=C/c1ccccc1. The Labute approximate surface area is 88.7 Å². The zero-order valence-electron chi connectivity index (χ0n) is 8.17. The quantitative estimate of drug-likeness (QED) is 0.608. The predicted octanol–water partition coefficient (Wildman–Crippen LogP) is 0.776. The molecule has 0 unspecified atom stereocenters.